The Bertz CT molecular complexity index is 1030. The Morgan fingerprint density at radius 3 is 2.87 bits per heavy atom. The summed E-state index contributed by atoms with van der Waals surface area (Å²) in [5.41, 5.74) is 4.62. The molecular formula is C22H25N5OS2. The largest absolute Gasteiger partial charge is 0.376 e. The zero-order valence-electron chi connectivity index (χ0n) is 17.1. The van der Waals surface area contributed by atoms with Gasteiger partial charge in [-0.25, -0.2) is 4.98 Å². The van der Waals surface area contributed by atoms with Crippen molar-refractivity contribution >= 4 is 28.7 Å². The number of nitrogens with one attached hydrogen (secondary N) is 1. The normalized spacial score (nSPS) is 23.9. The molecule has 0 amide bonds. The number of ether oxygens (including phenoxy) is 1. The van der Waals surface area contributed by atoms with Crippen LogP contribution >= 0.6 is 23.6 Å². The molecule has 8 heteroatoms. The molecular weight excluding hydrogens is 414 g/mol. The van der Waals surface area contributed by atoms with Crippen molar-refractivity contribution in [1.82, 2.24) is 24.8 Å². The molecule has 156 valence electrons. The molecule has 5 heterocycles. The standard InChI is InChI=1S/C22H25N5OS2/c1-14-12-17(15(2)27(14)22-24-9-11-30-22)20-19(18-7-3-4-8-23-18)25-21(29)26(20)13-16-6-5-10-28-16/h3-4,7-9,11-12,16,19-20H,5-6,10,13H2,1-2H3,(H,25,29)/t16-,19+,20-/m1/s1. The third-order valence-electron chi connectivity index (χ3n) is 6.02. The summed E-state index contributed by atoms with van der Waals surface area (Å²) in [6.45, 7) is 5.94. The lowest BCUT2D eigenvalue weighted by Gasteiger charge is -2.30. The summed E-state index contributed by atoms with van der Waals surface area (Å²) in [6, 6.07) is 8.37. The van der Waals surface area contributed by atoms with Gasteiger partial charge in [0.25, 0.3) is 0 Å². The van der Waals surface area contributed by atoms with Crippen molar-refractivity contribution < 1.29 is 4.74 Å². The third-order valence-corrected chi connectivity index (χ3v) is 7.13. The lowest BCUT2D eigenvalue weighted by atomic mass is 9.96. The van der Waals surface area contributed by atoms with Crippen LogP contribution in [-0.2, 0) is 4.74 Å². The van der Waals surface area contributed by atoms with Crippen LogP contribution in [0.2, 0.25) is 0 Å². The molecule has 0 radical (unpaired) electrons. The summed E-state index contributed by atoms with van der Waals surface area (Å²) in [6.07, 6.45) is 6.12. The molecule has 0 spiro atoms. The SMILES string of the molecule is Cc1cc([C@@H]2[C@H](c3ccccn3)NC(=S)N2C[C@H]2CCCO2)c(C)n1-c1nccs1. The fraction of sp³-hybridized carbons (Fsp3) is 0.409. The molecule has 0 saturated carbocycles. The number of thiocarbonyl (C=S) groups is 1. The minimum absolute atomic E-state index is 0.00894. The first-order chi connectivity index (χ1) is 14.6. The van der Waals surface area contributed by atoms with Crippen molar-refractivity contribution in [2.45, 2.75) is 44.9 Å². The quantitative estimate of drug-likeness (QED) is 0.604. The minimum Gasteiger partial charge on any atom is -0.376 e. The van der Waals surface area contributed by atoms with Gasteiger partial charge in [-0.05, 0) is 62.7 Å². The van der Waals surface area contributed by atoms with Gasteiger partial charge in [-0.3, -0.25) is 9.55 Å². The number of nitrogens with zero attached hydrogens (tertiary/aromatic N) is 4. The minimum atomic E-state index is -0.00894. The van der Waals surface area contributed by atoms with Crippen molar-refractivity contribution in [2.24, 2.45) is 0 Å². The van der Waals surface area contributed by atoms with E-state index in [0.717, 1.165) is 41.9 Å². The fourth-order valence-corrected chi connectivity index (χ4v) is 5.72. The van der Waals surface area contributed by atoms with Gasteiger partial charge in [-0.1, -0.05) is 6.07 Å². The number of pyridine rings is 1. The number of rotatable bonds is 5. The highest BCUT2D eigenvalue weighted by Crippen LogP contribution is 2.42. The van der Waals surface area contributed by atoms with Gasteiger partial charge >= 0.3 is 0 Å². The monoisotopic (exact) mass is 439 g/mol. The zero-order chi connectivity index (χ0) is 20.7. The number of hydrogen-bond donors (Lipinski definition) is 1. The molecule has 5 rings (SSSR count). The van der Waals surface area contributed by atoms with E-state index in [4.69, 9.17) is 17.0 Å². The molecule has 2 saturated heterocycles. The molecule has 3 atom stereocenters. The second kappa shape index (κ2) is 8.09. The third kappa shape index (κ3) is 3.42. The molecule has 2 fully saturated rings. The lowest BCUT2D eigenvalue weighted by molar-refractivity contribution is 0.0842. The summed E-state index contributed by atoms with van der Waals surface area (Å²) in [4.78, 5) is 11.5. The molecule has 0 aromatic carbocycles. The Kier molecular flexibility index (Phi) is 5.30. The van der Waals surface area contributed by atoms with Crippen molar-refractivity contribution in [2.75, 3.05) is 13.2 Å². The molecule has 2 aliphatic rings. The van der Waals surface area contributed by atoms with Crippen LogP contribution in [0.3, 0.4) is 0 Å². The summed E-state index contributed by atoms with van der Waals surface area (Å²) in [5.74, 6) is 0. The summed E-state index contributed by atoms with van der Waals surface area (Å²) in [7, 11) is 0. The van der Waals surface area contributed by atoms with Crippen molar-refractivity contribution in [3.05, 3.63) is 64.7 Å². The van der Waals surface area contributed by atoms with E-state index in [0.29, 0.717) is 0 Å². The highest BCUT2D eigenvalue weighted by atomic mass is 32.1. The average molecular weight is 440 g/mol. The molecule has 0 aliphatic carbocycles. The van der Waals surface area contributed by atoms with Gasteiger partial charge in [0.2, 0.25) is 0 Å². The van der Waals surface area contributed by atoms with Gasteiger partial charge in [0.15, 0.2) is 10.2 Å². The number of hydrogen-bond acceptors (Lipinski definition) is 5. The van der Waals surface area contributed by atoms with Crippen molar-refractivity contribution in [1.29, 1.82) is 0 Å². The summed E-state index contributed by atoms with van der Waals surface area (Å²) < 4.78 is 8.19. The Labute approximate surface area is 185 Å². The van der Waals surface area contributed by atoms with Gasteiger partial charge in [0.1, 0.15) is 0 Å². The van der Waals surface area contributed by atoms with E-state index in [-0.39, 0.29) is 18.2 Å². The Hall–Kier alpha value is -2.29. The first-order valence-corrected chi connectivity index (χ1v) is 11.6. The molecule has 3 aromatic rings. The molecule has 6 nitrogen and oxygen atoms in total. The van der Waals surface area contributed by atoms with Crippen LogP contribution in [0.5, 0.6) is 0 Å². The highest BCUT2D eigenvalue weighted by Gasteiger charge is 2.42. The molecule has 2 aliphatic heterocycles. The van der Waals surface area contributed by atoms with Crippen LogP contribution in [0.4, 0.5) is 0 Å². The van der Waals surface area contributed by atoms with Crippen LogP contribution in [-0.4, -0.2) is 43.8 Å². The molecule has 1 N–H and O–H groups in total. The Morgan fingerprint density at radius 1 is 1.27 bits per heavy atom. The van der Waals surface area contributed by atoms with Gasteiger partial charge in [-0.15, -0.1) is 11.3 Å². The average Bonchev–Trinajstić information content (AvgIpc) is 3.53. The number of aryl methyl sites for hydroxylation is 1. The van der Waals surface area contributed by atoms with E-state index in [1.807, 2.05) is 29.9 Å². The second-order valence-corrected chi connectivity index (χ2v) is 9.15. The fourth-order valence-electron chi connectivity index (χ4n) is 4.66. The summed E-state index contributed by atoms with van der Waals surface area (Å²) >= 11 is 7.46. The van der Waals surface area contributed by atoms with Crippen molar-refractivity contribution in [3.63, 3.8) is 0 Å². The predicted octanol–water partition coefficient (Wildman–Crippen LogP) is 4.10. The first kappa shape index (κ1) is 19.7. The van der Waals surface area contributed by atoms with Crippen LogP contribution in [0.1, 0.15) is 47.6 Å². The van der Waals surface area contributed by atoms with Gasteiger partial charge in [0.05, 0.1) is 23.9 Å². The van der Waals surface area contributed by atoms with Gasteiger partial charge in [0, 0.05) is 42.3 Å². The van der Waals surface area contributed by atoms with E-state index in [1.54, 1.807) is 11.3 Å². The Morgan fingerprint density at radius 2 is 2.17 bits per heavy atom. The van der Waals surface area contributed by atoms with E-state index in [2.05, 4.69) is 50.7 Å². The van der Waals surface area contributed by atoms with Crippen LogP contribution < -0.4 is 5.32 Å². The van der Waals surface area contributed by atoms with Crippen LogP contribution in [0.25, 0.3) is 5.13 Å². The van der Waals surface area contributed by atoms with E-state index in [1.165, 1.54) is 17.0 Å². The molecule has 0 unspecified atom stereocenters. The molecule has 0 bridgehead atoms. The van der Waals surface area contributed by atoms with E-state index >= 15 is 0 Å². The van der Waals surface area contributed by atoms with Crippen LogP contribution in [0, 0.1) is 13.8 Å². The zero-order valence-corrected chi connectivity index (χ0v) is 18.7. The van der Waals surface area contributed by atoms with E-state index in [9.17, 15) is 0 Å². The maximum absolute atomic E-state index is 5.95. The second-order valence-electron chi connectivity index (χ2n) is 7.89. The molecule has 3 aromatic heterocycles. The molecule has 30 heavy (non-hydrogen) atoms. The predicted molar refractivity (Wildman–Crippen MR) is 122 cm³/mol. The summed E-state index contributed by atoms with van der Waals surface area (Å²) in [5, 5.41) is 7.32. The van der Waals surface area contributed by atoms with Gasteiger partial charge in [-0.2, -0.15) is 0 Å². The lowest BCUT2D eigenvalue weighted by Crippen LogP contribution is -2.36. The van der Waals surface area contributed by atoms with Gasteiger partial charge < -0.3 is 15.0 Å². The maximum atomic E-state index is 5.95. The van der Waals surface area contributed by atoms with Crippen molar-refractivity contribution in [3.8, 4) is 5.13 Å². The highest BCUT2D eigenvalue weighted by molar-refractivity contribution is 7.80. The number of thiazole rings is 1. The van der Waals surface area contributed by atoms with E-state index < -0.39 is 0 Å². The number of aromatic nitrogens is 3. The smallest absolute Gasteiger partial charge is 0.193 e. The van der Waals surface area contributed by atoms with Crippen LogP contribution in [0.15, 0.2) is 42.0 Å². The Balaban J connectivity index is 1.58. The topological polar surface area (TPSA) is 55.2 Å². The first-order valence-electron chi connectivity index (χ1n) is 10.3. The maximum Gasteiger partial charge on any atom is 0.193 e.